The second-order valence-corrected chi connectivity index (χ2v) is 6.54. The second-order valence-electron chi connectivity index (χ2n) is 6.13. The van der Waals surface area contributed by atoms with E-state index in [4.69, 9.17) is 16.6 Å². The lowest BCUT2D eigenvalue weighted by molar-refractivity contribution is 0.627. The Morgan fingerprint density at radius 2 is 1.74 bits per heavy atom. The normalized spacial score (nSPS) is 11.1. The number of aromatic nitrogens is 2. The maximum atomic E-state index is 13.5. The monoisotopic (exact) mass is 383 g/mol. The Labute approximate surface area is 160 Å². The van der Waals surface area contributed by atoms with Crippen LogP contribution in [0.3, 0.4) is 0 Å². The van der Waals surface area contributed by atoms with Gasteiger partial charge in [-0.05, 0) is 61.0 Å². The Kier molecular flexibility index (Phi) is 4.54. The lowest BCUT2D eigenvalue weighted by Gasteiger charge is -2.12. The molecular weight excluding hydrogens is 368 g/mol. The Balaban J connectivity index is 1.96. The number of rotatable bonds is 4. The average Bonchev–Trinajstić information content (AvgIpc) is 3.02. The summed E-state index contributed by atoms with van der Waals surface area (Å²) in [7, 11) is 0. The molecule has 3 nitrogen and oxygen atoms in total. The molecule has 0 saturated heterocycles. The molecule has 4 aromatic rings. The van der Waals surface area contributed by atoms with Crippen molar-refractivity contribution in [3.63, 3.8) is 0 Å². The van der Waals surface area contributed by atoms with Crippen LogP contribution in [0.1, 0.15) is 12.6 Å². The first-order chi connectivity index (χ1) is 13.1. The first-order valence-electron chi connectivity index (χ1n) is 8.55. The van der Waals surface area contributed by atoms with Crippen LogP contribution < -0.4 is 5.32 Å². The summed E-state index contributed by atoms with van der Waals surface area (Å²) in [5, 5.41) is 3.60. The highest BCUT2D eigenvalue weighted by Crippen LogP contribution is 2.36. The highest BCUT2D eigenvalue weighted by atomic mass is 35.5. The van der Waals surface area contributed by atoms with E-state index in [1.165, 1.54) is 24.3 Å². The quantitative estimate of drug-likeness (QED) is 0.452. The van der Waals surface area contributed by atoms with Gasteiger partial charge in [-0.3, -0.25) is 4.40 Å². The van der Waals surface area contributed by atoms with E-state index in [-0.39, 0.29) is 10.8 Å². The predicted octanol–water partition coefficient (Wildman–Crippen LogP) is 6.24. The molecule has 0 unspecified atom stereocenters. The van der Waals surface area contributed by atoms with E-state index in [2.05, 4.69) is 12.2 Å². The first-order valence-corrected chi connectivity index (χ1v) is 8.93. The number of aryl methyl sites for hydroxylation is 1. The number of nitrogens with one attached hydrogen (secondary N) is 1. The molecule has 0 saturated carbocycles. The van der Waals surface area contributed by atoms with Gasteiger partial charge in [0.2, 0.25) is 0 Å². The number of imidazole rings is 1. The van der Waals surface area contributed by atoms with Crippen molar-refractivity contribution < 1.29 is 8.78 Å². The first kappa shape index (κ1) is 17.5. The number of pyridine rings is 1. The maximum Gasteiger partial charge on any atom is 0.143 e. The molecule has 2 heterocycles. The van der Waals surface area contributed by atoms with E-state index in [1.807, 2.05) is 22.6 Å². The van der Waals surface area contributed by atoms with Crippen molar-refractivity contribution in [1.82, 2.24) is 9.38 Å². The molecular formula is C21H16ClF2N3. The summed E-state index contributed by atoms with van der Waals surface area (Å²) in [6.07, 6.45) is 0.794. The van der Waals surface area contributed by atoms with Crippen LogP contribution in [-0.4, -0.2) is 9.38 Å². The van der Waals surface area contributed by atoms with Gasteiger partial charge in [-0.15, -0.1) is 0 Å². The third-order valence-electron chi connectivity index (χ3n) is 4.38. The van der Waals surface area contributed by atoms with Crippen molar-refractivity contribution in [3.8, 4) is 11.3 Å². The number of anilines is 2. The van der Waals surface area contributed by atoms with Crippen LogP contribution in [0.2, 0.25) is 5.02 Å². The minimum atomic E-state index is -0.408. The highest BCUT2D eigenvalue weighted by Gasteiger charge is 2.18. The van der Waals surface area contributed by atoms with Crippen molar-refractivity contribution in [3.05, 3.63) is 83.0 Å². The predicted molar refractivity (Wildman–Crippen MR) is 105 cm³/mol. The van der Waals surface area contributed by atoms with Gasteiger partial charge >= 0.3 is 0 Å². The third-order valence-corrected chi connectivity index (χ3v) is 4.69. The van der Waals surface area contributed by atoms with Gasteiger partial charge in [-0.1, -0.05) is 24.6 Å². The van der Waals surface area contributed by atoms with E-state index in [9.17, 15) is 8.78 Å². The van der Waals surface area contributed by atoms with E-state index in [0.717, 1.165) is 17.8 Å². The molecule has 0 radical (unpaired) electrons. The molecule has 6 heteroatoms. The van der Waals surface area contributed by atoms with Crippen molar-refractivity contribution in [1.29, 1.82) is 0 Å². The standard InChI is InChI=1S/C21H16ClF2N3/c1-2-16-4-3-5-19-26-20(17-11-8-14(24)12-18(17)22)21(27(16)19)25-15-9-6-13(23)7-10-15/h3-12,25H,2H2,1H3. The van der Waals surface area contributed by atoms with Crippen molar-refractivity contribution in [2.24, 2.45) is 0 Å². The van der Waals surface area contributed by atoms with Crippen LogP contribution >= 0.6 is 11.6 Å². The van der Waals surface area contributed by atoms with Crippen molar-refractivity contribution in [2.45, 2.75) is 13.3 Å². The van der Waals surface area contributed by atoms with Gasteiger partial charge in [0.05, 0.1) is 5.02 Å². The maximum absolute atomic E-state index is 13.5. The summed E-state index contributed by atoms with van der Waals surface area (Å²) < 4.78 is 28.8. The number of benzene rings is 2. The van der Waals surface area contributed by atoms with Gasteiger partial charge in [0, 0.05) is 16.9 Å². The van der Waals surface area contributed by atoms with Gasteiger partial charge in [0.1, 0.15) is 28.8 Å². The minimum absolute atomic E-state index is 0.276. The number of nitrogens with zero attached hydrogens (tertiary/aromatic N) is 2. The SMILES string of the molecule is CCc1cccc2nc(-c3ccc(F)cc3Cl)c(Nc3ccc(F)cc3)n12. The molecule has 2 aromatic carbocycles. The number of hydrogen-bond donors (Lipinski definition) is 1. The van der Waals surface area contributed by atoms with Crippen LogP contribution in [-0.2, 0) is 6.42 Å². The van der Waals surface area contributed by atoms with Crippen LogP contribution in [0.4, 0.5) is 20.3 Å². The number of hydrogen-bond acceptors (Lipinski definition) is 2. The molecule has 0 bridgehead atoms. The number of fused-ring (bicyclic) bond motifs is 1. The van der Waals surface area contributed by atoms with Crippen LogP contribution in [0, 0.1) is 11.6 Å². The summed E-state index contributed by atoms with van der Waals surface area (Å²) >= 11 is 6.29. The van der Waals surface area contributed by atoms with E-state index >= 15 is 0 Å². The van der Waals surface area contributed by atoms with E-state index in [0.29, 0.717) is 22.8 Å². The third kappa shape index (κ3) is 3.26. The fourth-order valence-corrected chi connectivity index (χ4v) is 3.35. The zero-order chi connectivity index (χ0) is 19.0. The van der Waals surface area contributed by atoms with Crippen molar-refractivity contribution in [2.75, 3.05) is 5.32 Å². The van der Waals surface area contributed by atoms with Crippen LogP contribution in [0.15, 0.2) is 60.7 Å². The highest BCUT2D eigenvalue weighted by molar-refractivity contribution is 6.33. The molecule has 0 atom stereocenters. The molecule has 0 fully saturated rings. The van der Waals surface area contributed by atoms with Gasteiger partial charge in [-0.2, -0.15) is 0 Å². The summed E-state index contributed by atoms with van der Waals surface area (Å²) in [5.74, 6) is -0.0212. The molecule has 0 spiro atoms. The van der Waals surface area contributed by atoms with Gasteiger partial charge in [0.25, 0.3) is 0 Å². The molecule has 0 aliphatic carbocycles. The van der Waals surface area contributed by atoms with Gasteiger partial charge < -0.3 is 5.32 Å². The smallest absolute Gasteiger partial charge is 0.143 e. The topological polar surface area (TPSA) is 29.3 Å². The Hall–Kier alpha value is -2.92. The van der Waals surface area contributed by atoms with Gasteiger partial charge in [-0.25, -0.2) is 13.8 Å². The lowest BCUT2D eigenvalue weighted by Crippen LogP contribution is -2.01. The lowest BCUT2D eigenvalue weighted by atomic mass is 10.1. The van der Waals surface area contributed by atoms with Crippen LogP contribution in [0.25, 0.3) is 16.9 Å². The molecule has 136 valence electrons. The largest absolute Gasteiger partial charge is 0.339 e. The Bertz CT molecular complexity index is 1120. The fourth-order valence-electron chi connectivity index (χ4n) is 3.09. The summed E-state index contributed by atoms with van der Waals surface area (Å²) in [5.41, 5.74) is 3.73. The number of halogens is 3. The molecule has 4 rings (SSSR count). The summed E-state index contributed by atoms with van der Waals surface area (Å²) in [4.78, 5) is 4.72. The average molecular weight is 384 g/mol. The van der Waals surface area contributed by atoms with Crippen LogP contribution in [0.5, 0.6) is 0 Å². The zero-order valence-corrected chi connectivity index (χ0v) is 15.3. The summed E-state index contributed by atoms with van der Waals surface area (Å²) in [6, 6.07) is 16.2. The van der Waals surface area contributed by atoms with Crippen molar-refractivity contribution >= 4 is 28.8 Å². The Morgan fingerprint density at radius 3 is 2.44 bits per heavy atom. The molecule has 0 aliphatic heterocycles. The molecule has 2 aromatic heterocycles. The molecule has 27 heavy (non-hydrogen) atoms. The minimum Gasteiger partial charge on any atom is -0.339 e. The summed E-state index contributed by atoms with van der Waals surface area (Å²) in [6.45, 7) is 2.06. The zero-order valence-electron chi connectivity index (χ0n) is 14.5. The fraction of sp³-hybridized carbons (Fsp3) is 0.0952. The molecule has 0 aliphatic rings. The Morgan fingerprint density at radius 1 is 1.00 bits per heavy atom. The van der Waals surface area contributed by atoms with E-state index < -0.39 is 5.82 Å². The molecule has 1 N–H and O–H groups in total. The molecule has 0 amide bonds. The van der Waals surface area contributed by atoms with Gasteiger partial charge in [0.15, 0.2) is 0 Å². The second kappa shape index (κ2) is 7.00. The van der Waals surface area contributed by atoms with E-state index in [1.54, 1.807) is 18.2 Å².